The number of anilines is 2. The van der Waals surface area contributed by atoms with Gasteiger partial charge in [0.1, 0.15) is 5.82 Å². The van der Waals surface area contributed by atoms with E-state index in [-0.39, 0.29) is 6.04 Å². The average molecular weight is 303 g/mol. The van der Waals surface area contributed by atoms with Crippen molar-refractivity contribution >= 4 is 11.8 Å². The molecule has 1 saturated heterocycles. The molecule has 5 nitrogen and oxygen atoms in total. The maximum absolute atomic E-state index is 12.5. The maximum Gasteiger partial charge on any atom is 0.401 e. The molecule has 0 bridgehead atoms. The van der Waals surface area contributed by atoms with Gasteiger partial charge >= 0.3 is 6.18 Å². The van der Waals surface area contributed by atoms with Crippen LogP contribution < -0.4 is 9.80 Å². The van der Waals surface area contributed by atoms with Gasteiger partial charge in [-0.25, -0.2) is 4.98 Å². The number of hydrogen-bond acceptors (Lipinski definition) is 5. The molecule has 0 amide bonds. The van der Waals surface area contributed by atoms with Crippen LogP contribution in [-0.4, -0.2) is 67.4 Å². The van der Waals surface area contributed by atoms with Crippen molar-refractivity contribution < 1.29 is 13.2 Å². The van der Waals surface area contributed by atoms with E-state index in [1.807, 2.05) is 23.9 Å². The van der Waals surface area contributed by atoms with Gasteiger partial charge in [0.25, 0.3) is 0 Å². The van der Waals surface area contributed by atoms with Crippen LogP contribution in [0, 0.1) is 0 Å². The molecule has 1 atom stereocenters. The second kappa shape index (κ2) is 6.05. The number of hydrogen-bond donors (Lipinski definition) is 0. The van der Waals surface area contributed by atoms with Gasteiger partial charge in [0.15, 0.2) is 0 Å². The number of nitrogens with zero attached hydrogens (tertiary/aromatic N) is 5. The zero-order chi connectivity index (χ0) is 15.6. The first-order valence-corrected chi connectivity index (χ1v) is 6.82. The molecule has 0 saturated carbocycles. The Morgan fingerprint density at radius 3 is 2.62 bits per heavy atom. The minimum Gasteiger partial charge on any atom is -0.363 e. The Morgan fingerprint density at radius 2 is 2.05 bits per heavy atom. The summed E-state index contributed by atoms with van der Waals surface area (Å²) in [6.07, 6.45) is -2.48. The predicted octanol–water partition coefficient (Wildman–Crippen LogP) is 1.62. The Kier molecular flexibility index (Phi) is 4.55. The summed E-state index contributed by atoms with van der Waals surface area (Å²) in [7, 11) is 3.77. The fourth-order valence-electron chi connectivity index (χ4n) is 2.38. The van der Waals surface area contributed by atoms with Gasteiger partial charge in [0, 0.05) is 46.0 Å². The van der Waals surface area contributed by atoms with E-state index in [2.05, 4.69) is 9.97 Å². The molecule has 0 radical (unpaired) electrons. The molecule has 8 heteroatoms. The van der Waals surface area contributed by atoms with Crippen LogP contribution in [0.5, 0.6) is 0 Å². The van der Waals surface area contributed by atoms with Crippen LogP contribution in [0.25, 0.3) is 0 Å². The highest BCUT2D eigenvalue weighted by atomic mass is 19.4. The van der Waals surface area contributed by atoms with Gasteiger partial charge in [0.05, 0.1) is 6.54 Å². The van der Waals surface area contributed by atoms with E-state index in [0.717, 1.165) is 5.82 Å². The van der Waals surface area contributed by atoms with E-state index >= 15 is 0 Å². The molecule has 1 aliphatic heterocycles. The highest BCUT2D eigenvalue weighted by Gasteiger charge is 2.35. The van der Waals surface area contributed by atoms with Gasteiger partial charge in [-0.3, -0.25) is 4.90 Å². The molecule has 1 fully saturated rings. The van der Waals surface area contributed by atoms with Crippen molar-refractivity contribution in [3.8, 4) is 0 Å². The Morgan fingerprint density at radius 1 is 1.33 bits per heavy atom. The van der Waals surface area contributed by atoms with Crippen LogP contribution in [0.2, 0.25) is 0 Å². The Balaban J connectivity index is 2.04. The summed E-state index contributed by atoms with van der Waals surface area (Å²) >= 11 is 0. The highest BCUT2D eigenvalue weighted by Crippen LogP contribution is 2.22. The van der Waals surface area contributed by atoms with Crippen molar-refractivity contribution in [2.45, 2.75) is 19.1 Å². The molecule has 1 unspecified atom stereocenters. The lowest BCUT2D eigenvalue weighted by atomic mass is 10.2. The van der Waals surface area contributed by atoms with Gasteiger partial charge in [-0.05, 0) is 13.0 Å². The van der Waals surface area contributed by atoms with E-state index in [0.29, 0.717) is 25.6 Å². The summed E-state index contributed by atoms with van der Waals surface area (Å²) in [6.45, 7) is 2.29. The summed E-state index contributed by atoms with van der Waals surface area (Å²) in [4.78, 5) is 13.9. The number of rotatable bonds is 3. The molecule has 0 spiro atoms. The van der Waals surface area contributed by atoms with E-state index in [1.54, 1.807) is 19.2 Å². The minimum absolute atomic E-state index is 0.188. The molecule has 1 aromatic heterocycles. The summed E-state index contributed by atoms with van der Waals surface area (Å²) in [5, 5.41) is 0. The lowest BCUT2D eigenvalue weighted by molar-refractivity contribution is -0.150. The van der Waals surface area contributed by atoms with Crippen molar-refractivity contribution in [1.29, 1.82) is 0 Å². The lowest BCUT2D eigenvalue weighted by Crippen LogP contribution is -2.54. The number of piperazine rings is 1. The first-order valence-electron chi connectivity index (χ1n) is 6.82. The van der Waals surface area contributed by atoms with Crippen LogP contribution in [0.4, 0.5) is 24.9 Å². The number of halogens is 3. The molecule has 1 aromatic rings. The van der Waals surface area contributed by atoms with Gasteiger partial charge in [0.2, 0.25) is 5.95 Å². The SMILES string of the molecule is CC1CN(c2nccc(N(C)C)n2)CCN1CC(F)(F)F. The molecule has 0 N–H and O–H groups in total. The third kappa shape index (κ3) is 4.20. The van der Waals surface area contributed by atoms with Crippen molar-refractivity contribution in [2.24, 2.45) is 0 Å². The predicted molar refractivity (Wildman–Crippen MR) is 75.7 cm³/mol. The second-order valence-electron chi connectivity index (χ2n) is 5.49. The van der Waals surface area contributed by atoms with Crippen LogP contribution in [-0.2, 0) is 0 Å². The van der Waals surface area contributed by atoms with Gasteiger partial charge in [-0.1, -0.05) is 0 Å². The summed E-state index contributed by atoms with van der Waals surface area (Å²) in [5.74, 6) is 1.35. The zero-order valence-electron chi connectivity index (χ0n) is 12.4. The molecule has 0 aromatic carbocycles. The van der Waals surface area contributed by atoms with E-state index in [1.165, 1.54) is 4.90 Å². The van der Waals surface area contributed by atoms with Crippen LogP contribution in [0.1, 0.15) is 6.92 Å². The van der Waals surface area contributed by atoms with Crippen molar-refractivity contribution in [1.82, 2.24) is 14.9 Å². The molecule has 1 aliphatic rings. The minimum atomic E-state index is -4.15. The fraction of sp³-hybridized carbons (Fsp3) is 0.692. The third-order valence-electron chi connectivity index (χ3n) is 3.52. The standard InChI is InChI=1S/C13H20F3N5/c1-10-8-20(6-7-21(10)9-13(14,15)16)12-17-5-4-11(18-12)19(2)3/h4-5,10H,6-9H2,1-3H3. The number of alkyl halides is 3. The van der Waals surface area contributed by atoms with Gasteiger partial charge in [-0.15, -0.1) is 0 Å². The monoisotopic (exact) mass is 303 g/mol. The van der Waals surface area contributed by atoms with E-state index in [4.69, 9.17) is 0 Å². The fourth-order valence-corrected chi connectivity index (χ4v) is 2.38. The Hall–Kier alpha value is -1.57. The van der Waals surface area contributed by atoms with Crippen LogP contribution in [0.3, 0.4) is 0 Å². The third-order valence-corrected chi connectivity index (χ3v) is 3.52. The summed E-state index contributed by atoms with van der Waals surface area (Å²) < 4.78 is 37.5. The topological polar surface area (TPSA) is 35.5 Å². The molecule has 21 heavy (non-hydrogen) atoms. The quantitative estimate of drug-likeness (QED) is 0.848. The Labute approximate surface area is 122 Å². The van der Waals surface area contributed by atoms with E-state index < -0.39 is 12.7 Å². The van der Waals surface area contributed by atoms with Crippen molar-refractivity contribution in [3.63, 3.8) is 0 Å². The molecule has 118 valence electrons. The molecular formula is C13H20F3N5. The van der Waals surface area contributed by atoms with Gasteiger partial charge in [-0.2, -0.15) is 18.2 Å². The maximum atomic E-state index is 12.5. The second-order valence-corrected chi connectivity index (χ2v) is 5.49. The van der Waals surface area contributed by atoms with Gasteiger partial charge < -0.3 is 9.80 Å². The number of aromatic nitrogens is 2. The first kappa shape index (κ1) is 15.8. The average Bonchev–Trinajstić information content (AvgIpc) is 2.40. The first-order chi connectivity index (χ1) is 9.76. The van der Waals surface area contributed by atoms with Crippen LogP contribution in [0.15, 0.2) is 12.3 Å². The molecule has 0 aliphatic carbocycles. The largest absolute Gasteiger partial charge is 0.401 e. The van der Waals surface area contributed by atoms with Crippen molar-refractivity contribution in [2.75, 3.05) is 50.1 Å². The van der Waals surface area contributed by atoms with E-state index in [9.17, 15) is 13.2 Å². The van der Waals surface area contributed by atoms with Crippen molar-refractivity contribution in [3.05, 3.63) is 12.3 Å². The highest BCUT2D eigenvalue weighted by molar-refractivity contribution is 5.42. The van der Waals surface area contributed by atoms with Crippen LogP contribution >= 0.6 is 0 Å². The Bertz CT molecular complexity index is 477. The molecule has 2 heterocycles. The zero-order valence-corrected chi connectivity index (χ0v) is 12.4. The molecule has 2 rings (SSSR count). The lowest BCUT2D eigenvalue weighted by Gasteiger charge is -2.40. The summed E-state index contributed by atoms with van der Waals surface area (Å²) in [6, 6.07) is 1.61. The smallest absolute Gasteiger partial charge is 0.363 e. The molecular weight excluding hydrogens is 283 g/mol. The normalized spacial score (nSPS) is 20.7. The summed E-state index contributed by atoms with van der Waals surface area (Å²) in [5.41, 5.74) is 0.